The van der Waals surface area contributed by atoms with Gasteiger partial charge in [0.25, 0.3) is 5.91 Å². The van der Waals surface area contributed by atoms with Crippen LogP contribution in [0.5, 0.6) is 0 Å². The Bertz CT molecular complexity index is 202. The molecular formula is C5H9N5. The number of hydrogen-bond acceptors (Lipinski definition) is 5. The van der Waals surface area contributed by atoms with Crippen LogP contribution in [0.15, 0.2) is 22.6 Å². The number of nitrogens with two attached hydrogens (primary N) is 2. The molecule has 5 nitrogen and oxygen atoms in total. The SMILES string of the molecule is C=CC1=NC(N)(N)N=CN1. The van der Waals surface area contributed by atoms with Gasteiger partial charge in [0, 0.05) is 0 Å². The van der Waals surface area contributed by atoms with Crippen molar-refractivity contribution in [3.05, 3.63) is 12.7 Å². The maximum atomic E-state index is 5.35. The van der Waals surface area contributed by atoms with E-state index < -0.39 is 5.91 Å². The lowest BCUT2D eigenvalue weighted by Gasteiger charge is -2.18. The van der Waals surface area contributed by atoms with E-state index in [1.165, 1.54) is 12.4 Å². The third kappa shape index (κ3) is 1.40. The van der Waals surface area contributed by atoms with Gasteiger partial charge in [-0.25, -0.2) is 9.98 Å². The summed E-state index contributed by atoms with van der Waals surface area (Å²) in [4.78, 5) is 7.42. The smallest absolute Gasteiger partial charge is 0.262 e. The number of rotatable bonds is 1. The lowest BCUT2D eigenvalue weighted by Crippen LogP contribution is -2.50. The van der Waals surface area contributed by atoms with Gasteiger partial charge in [-0.3, -0.25) is 11.5 Å². The fourth-order valence-corrected chi connectivity index (χ4v) is 0.560. The highest BCUT2D eigenvalue weighted by Crippen LogP contribution is 1.97. The molecule has 54 valence electrons. The fourth-order valence-electron chi connectivity index (χ4n) is 0.560. The first-order valence-electron chi connectivity index (χ1n) is 2.74. The van der Waals surface area contributed by atoms with E-state index in [9.17, 15) is 0 Å². The first-order chi connectivity index (χ1) is 4.64. The van der Waals surface area contributed by atoms with Gasteiger partial charge in [0.15, 0.2) is 0 Å². The number of nitrogens with one attached hydrogen (secondary N) is 1. The second-order valence-electron chi connectivity index (χ2n) is 1.89. The summed E-state index contributed by atoms with van der Waals surface area (Å²) >= 11 is 0. The predicted octanol–water partition coefficient (Wildman–Crippen LogP) is -1.27. The Morgan fingerprint density at radius 1 is 1.70 bits per heavy atom. The third-order valence-electron chi connectivity index (χ3n) is 0.977. The van der Waals surface area contributed by atoms with Crippen LogP contribution < -0.4 is 16.8 Å². The number of nitrogens with zero attached hydrogens (tertiary/aromatic N) is 2. The van der Waals surface area contributed by atoms with E-state index in [4.69, 9.17) is 11.5 Å². The average Bonchev–Trinajstić information content (AvgIpc) is 1.86. The molecule has 0 atom stereocenters. The van der Waals surface area contributed by atoms with Crippen molar-refractivity contribution in [1.29, 1.82) is 0 Å². The molecule has 5 N–H and O–H groups in total. The molecule has 0 fully saturated rings. The Kier molecular flexibility index (Phi) is 1.52. The van der Waals surface area contributed by atoms with Crippen LogP contribution in [0.3, 0.4) is 0 Å². The van der Waals surface area contributed by atoms with E-state index in [1.54, 1.807) is 0 Å². The molecule has 0 aliphatic carbocycles. The first-order valence-corrected chi connectivity index (χ1v) is 2.74. The molecule has 1 aliphatic rings. The zero-order valence-electron chi connectivity index (χ0n) is 5.41. The van der Waals surface area contributed by atoms with Gasteiger partial charge in [0.05, 0.1) is 6.34 Å². The summed E-state index contributed by atoms with van der Waals surface area (Å²) < 4.78 is 0. The van der Waals surface area contributed by atoms with Crippen LogP contribution in [0.25, 0.3) is 0 Å². The maximum Gasteiger partial charge on any atom is 0.262 e. The van der Waals surface area contributed by atoms with Crippen molar-refractivity contribution in [3.8, 4) is 0 Å². The van der Waals surface area contributed by atoms with Crippen LogP contribution in [0.1, 0.15) is 0 Å². The van der Waals surface area contributed by atoms with Gasteiger partial charge >= 0.3 is 0 Å². The first kappa shape index (κ1) is 6.91. The van der Waals surface area contributed by atoms with E-state index in [-0.39, 0.29) is 0 Å². The lowest BCUT2D eigenvalue weighted by molar-refractivity contribution is 0.487. The topological polar surface area (TPSA) is 88.8 Å². The number of amidine groups is 1. The standard InChI is InChI=1S/C5H9N5/c1-2-4-8-3-9-5(6,7)10-4/h2-3H,1,6-7H2,(H,8,9,10). The molecule has 5 heteroatoms. The minimum Gasteiger partial charge on any atom is -0.331 e. The maximum absolute atomic E-state index is 5.35. The van der Waals surface area contributed by atoms with Crippen LogP contribution in [-0.2, 0) is 0 Å². The van der Waals surface area contributed by atoms with Gasteiger partial charge in [-0.15, -0.1) is 0 Å². The van der Waals surface area contributed by atoms with Crippen LogP contribution >= 0.6 is 0 Å². The van der Waals surface area contributed by atoms with Gasteiger partial charge in [-0.2, -0.15) is 0 Å². The molecule has 0 amide bonds. The Labute approximate surface area is 58.5 Å². The Morgan fingerprint density at radius 3 is 2.80 bits per heavy atom. The van der Waals surface area contributed by atoms with Crippen molar-refractivity contribution in [3.63, 3.8) is 0 Å². The van der Waals surface area contributed by atoms with Crippen LogP contribution in [-0.4, -0.2) is 18.1 Å². The number of hydrogen-bond donors (Lipinski definition) is 3. The highest BCUT2D eigenvalue weighted by Gasteiger charge is 2.17. The van der Waals surface area contributed by atoms with Crippen molar-refractivity contribution >= 4 is 12.2 Å². The zero-order chi connectivity index (χ0) is 7.61. The molecule has 0 saturated heterocycles. The van der Waals surface area contributed by atoms with Crippen molar-refractivity contribution in [1.82, 2.24) is 5.32 Å². The van der Waals surface area contributed by atoms with E-state index in [0.717, 1.165) is 0 Å². The van der Waals surface area contributed by atoms with Crippen molar-refractivity contribution in [2.24, 2.45) is 21.5 Å². The summed E-state index contributed by atoms with van der Waals surface area (Å²) in [5, 5.41) is 2.70. The Hall–Kier alpha value is -1.20. The van der Waals surface area contributed by atoms with Crippen LogP contribution in [0, 0.1) is 0 Å². The van der Waals surface area contributed by atoms with Gasteiger partial charge in [-0.1, -0.05) is 6.58 Å². The average molecular weight is 139 g/mol. The molecule has 1 rings (SSSR count). The third-order valence-corrected chi connectivity index (χ3v) is 0.977. The van der Waals surface area contributed by atoms with Crippen LogP contribution in [0.2, 0.25) is 0 Å². The molecule has 0 bridgehead atoms. The summed E-state index contributed by atoms with van der Waals surface area (Å²) in [5.41, 5.74) is 10.7. The van der Waals surface area contributed by atoms with E-state index in [1.807, 2.05) is 0 Å². The fraction of sp³-hybridized carbons (Fsp3) is 0.200. The summed E-state index contributed by atoms with van der Waals surface area (Å²) in [7, 11) is 0. The van der Waals surface area contributed by atoms with E-state index in [0.29, 0.717) is 5.84 Å². The lowest BCUT2D eigenvalue weighted by atomic mass is 10.5. The second-order valence-corrected chi connectivity index (χ2v) is 1.89. The Morgan fingerprint density at radius 2 is 2.40 bits per heavy atom. The van der Waals surface area contributed by atoms with E-state index >= 15 is 0 Å². The molecule has 10 heavy (non-hydrogen) atoms. The van der Waals surface area contributed by atoms with Gasteiger partial charge in [0.1, 0.15) is 5.84 Å². The molecule has 0 aromatic carbocycles. The summed E-state index contributed by atoms with van der Waals surface area (Å²) in [6.45, 7) is 3.48. The highest BCUT2D eigenvalue weighted by atomic mass is 15.4. The largest absolute Gasteiger partial charge is 0.331 e. The molecule has 0 aromatic rings. The van der Waals surface area contributed by atoms with Gasteiger partial charge in [0.2, 0.25) is 0 Å². The monoisotopic (exact) mass is 139 g/mol. The quantitative estimate of drug-likeness (QED) is 0.396. The summed E-state index contributed by atoms with van der Waals surface area (Å²) in [5.74, 6) is -0.797. The Balaban J connectivity index is 2.82. The molecule has 1 heterocycles. The second kappa shape index (κ2) is 2.20. The predicted molar refractivity (Wildman–Crippen MR) is 40.4 cm³/mol. The number of aliphatic imine (C=N–C) groups is 2. The molecule has 0 aromatic heterocycles. The van der Waals surface area contributed by atoms with Gasteiger partial charge < -0.3 is 5.32 Å². The molecule has 0 radical (unpaired) electrons. The molecule has 0 saturated carbocycles. The summed E-state index contributed by atoms with van der Waals surface area (Å²) in [6.07, 6.45) is 2.91. The van der Waals surface area contributed by atoms with E-state index in [2.05, 4.69) is 21.9 Å². The highest BCUT2D eigenvalue weighted by molar-refractivity contribution is 6.00. The van der Waals surface area contributed by atoms with Crippen LogP contribution in [0.4, 0.5) is 0 Å². The zero-order valence-corrected chi connectivity index (χ0v) is 5.41. The van der Waals surface area contributed by atoms with Crippen molar-refractivity contribution in [2.45, 2.75) is 5.91 Å². The normalized spacial score (nSPS) is 21.2. The molecule has 0 spiro atoms. The minimum absolute atomic E-state index is 0.528. The van der Waals surface area contributed by atoms with Crippen molar-refractivity contribution in [2.75, 3.05) is 0 Å². The van der Waals surface area contributed by atoms with Gasteiger partial charge in [-0.05, 0) is 6.08 Å². The minimum atomic E-state index is -1.32. The molecule has 1 aliphatic heterocycles. The summed E-state index contributed by atoms with van der Waals surface area (Å²) in [6, 6.07) is 0. The molecular weight excluding hydrogens is 130 g/mol. The van der Waals surface area contributed by atoms with Crippen molar-refractivity contribution < 1.29 is 0 Å². The molecule has 0 unspecified atom stereocenters.